The van der Waals surface area contributed by atoms with Gasteiger partial charge in [0.1, 0.15) is 10.8 Å². The van der Waals surface area contributed by atoms with Crippen LogP contribution in [0.3, 0.4) is 0 Å². The van der Waals surface area contributed by atoms with E-state index in [4.69, 9.17) is 4.74 Å². The Labute approximate surface area is 188 Å². The number of nitrogens with one attached hydrogen (secondary N) is 1. The molecule has 0 spiro atoms. The molecule has 0 radical (unpaired) electrons. The molecule has 3 rings (SSSR count). The fraction of sp³-hybridized carbons (Fsp3) is 0.520. The Bertz CT molecular complexity index is 906. The van der Waals surface area contributed by atoms with Crippen molar-refractivity contribution in [2.75, 3.05) is 5.32 Å². The quantitative estimate of drug-likeness (QED) is 0.520. The van der Waals surface area contributed by atoms with Gasteiger partial charge in [0, 0.05) is 4.88 Å². The first-order valence-corrected chi connectivity index (χ1v) is 12.2. The summed E-state index contributed by atoms with van der Waals surface area (Å²) in [5.41, 5.74) is 1.42. The molecular formula is C25H32FNO3S. The summed E-state index contributed by atoms with van der Waals surface area (Å²) >= 11 is 1.44. The molecule has 6 heteroatoms. The molecule has 1 aliphatic carbocycles. The van der Waals surface area contributed by atoms with Crippen LogP contribution in [-0.2, 0) is 17.6 Å². The molecule has 1 N–H and O–H groups in total. The minimum atomic E-state index is -0.582. The number of halogens is 1. The first-order valence-electron chi connectivity index (χ1n) is 11.4. The van der Waals surface area contributed by atoms with Gasteiger partial charge >= 0.3 is 5.97 Å². The summed E-state index contributed by atoms with van der Waals surface area (Å²) < 4.78 is 19.7. The van der Waals surface area contributed by atoms with Gasteiger partial charge in [-0.1, -0.05) is 50.7 Å². The van der Waals surface area contributed by atoms with Gasteiger partial charge in [0.25, 0.3) is 5.91 Å². The molecular weight excluding hydrogens is 413 g/mol. The minimum absolute atomic E-state index is 0.0342. The summed E-state index contributed by atoms with van der Waals surface area (Å²) in [6, 6.07) is 5.88. The van der Waals surface area contributed by atoms with Crippen molar-refractivity contribution in [3.8, 4) is 0 Å². The van der Waals surface area contributed by atoms with Crippen molar-refractivity contribution in [2.45, 2.75) is 84.2 Å². The highest BCUT2D eigenvalue weighted by atomic mass is 32.1. The summed E-state index contributed by atoms with van der Waals surface area (Å²) in [5, 5.41) is 3.29. The zero-order chi connectivity index (χ0) is 22.2. The number of fused-ring (bicyclic) bond motifs is 1. The second kappa shape index (κ2) is 11.4. The molecule has 168 valence electrons. The number of carbonyl (C=O) groups is 2. The Morgan fingerprint density at radius 3 is 2.23 bits per heavy atom. The van der Waals surface area contributed by atoms with E-state index in [-0.39, 0.29) is 11.7 Å². The number of carbonyl (C=O) groups excluding carboxylic acids is 2. The van der Waals surface area contributed by atoms with Crippen molar-refractivity contribution in [1.82, 2.24) is 0 Å². The standard InChI is InChI=1S/C25H32FNO3S/c1-17(2)30-25(29)22-19-14-9-7-5-3-4-6-8-10-16-21(19)31-24(22)27-23(28)18-13-11-12-15-20(18)26/h11-13,15,17H,3-10,14,16H2,1-2H3,(H,27,28). The number of hydrogen-bond acceptors (Lipinski definition) is 4. The molecule has 1 heterocycles. The molecule has 2 aromatic rings. The predicted molar refractivity (Wildman–Crippen MR) is 124 cm³/mol. The lowest BCUT2D eigenvalue weighted by atomic mass is 9.97. The number of benzene rings is 1. The summed E-state index contributed by atoms with van der Waals surface area (Å²) in [7, 11) is 0. The molecule has 0 saturated heterocycles. The van der Waals surface area contributed by atoms with E-state index >= 15 is 0 Å². The van der Waals surface area contributed by atoms with Gasteiger partial charge in [-0.25, -0.2) is 9.18 Å². The number of amides is 1. The summed E-state index contributed by atoms with van der Waals surface area (Å²) in [4.78, 5) is 27.0. The van der Waals surface area contributed by atoms with Crippen molar-refractivity contribution in [3.63, 3.8) is 0 Å². The van der Waals surface area contributed by atoms with Crippen LogP contribution in [0.25, 0.3) is 0 Å². The van der Waals surface area contributed by atoms with Gasteiger partial charge in [-0.3, -0.25) is 4.79 Å². The number of rotatable bonds is 4. The van der Waals surface area contributed by atoms with E-state index in [1.807, 2.05) is 13.8 Å². The van der Waals surface area contributed by atoms with Crippen LogP contribution in [0.15, 0.2) is 24.3 Å². The third-order valence-corrected chi connectivity index (χ3v) is 6.77. The smallest absolute Gasteiger partial charge is 0.341 e. The van der Waals surface area contributed by atoms with E-state index < -0.39 is 17.7 Å². The summed E-state index contributed by atoms with van der Waals surface area (Å²) in [6.07, 6.45) is 10.8. The predicted octanol–water partition coefficient (Wildman–Crippen LogP) is 6.92. The summed E-state index contributed by atoms with van der Waals surface area (Å²) in [6.45, 7) is 3.63. The third-order valence-electron chi connectivity index (χ3n) is 5.56. The van der Waals surface area contributed by atoms with E-state index in [2.05, 4.69) is 5.32 Å². The Kier molecular flexibility index (Phi) is 8.64. The Morgan fingerprint density at radius 2 is 1.58 bits per heavy atom. The first-order chi connectivity index (χ1) is 15.0. The van der Waals surface area contributed by atoms with Crippen LogP contribution in [0.1, 0.15) is 96.4 Å². The minimum Gasteiger partial charge on any atom is -0.459 e. The topological polar surface area (TPSA) is 55.4 Å². The normalized spacial score (nSPS) is 15.5. The largest absolute Gasteiger partial charge is 0.459 e. The zero-order valence-electron chi connectivity index (χ0n) is 18.5. The van der Waals surface area contributed by atoms with Crippen LogP contribution in [0.2, 0.25) is 0 Å². The molecule has 1 aromatic carbocycles. The van der Waals surface area contributed by atoms with Gasteiger partial charge in [0.05, 0.1) is 17.2 Å². The fourth-order valence-corrected chi connectivity index (χ4v) is 5.29. The number of anilines is 1. The molecule has 0 fully saturated rings. The van der Waals surface area contributed by atoms with Gasteiger partial charge in [-0.15, -0.1) is 11.3 Å². The van der Waals surface area contributed by atoms with E-state index in [1.165, 1.54) is 55.6 Å². The first kappa shape index (κ1) is 23.5. The average molecular weight is 446 g/mol. The molecule has 4 nitrogen and oxygen atoms in total. The van der Waals surface area contributed by atoms with Crippen molar-refractivity contribution in [1.29, 1.82) is 0 Å². The number of aryl methyl sites for hydroxylation is 1. The molecule has 0 aliphatic heterocycles. The van der Waals surface area contributed by atoms with E-state index in [1.54, 1.807) is 12.1 Å². The van der Waals surface area contributed by atoms with Crippen LogP contribution in [-0.4, -0.2) is 18.0 Å². The van der Waals surface area contributed by atoms with Crippen molar-refractivity contribution < 1.29 is 18.7 Å². The van der Waals surface area contributed by atoms with Crippen LogP contribution in [0.4, 0.5) is 9.39 Å². The molecule has 31 heavy (non-hydrogen) atoms. The summed E-state index contributed by atoms with van der Waals surface area (Å²) in [5.74, 6) is -1.54. The second-order valence-corrected chi connectivity index (χ2v) is 9.53. The Morgan fingerprint density at radius 1 is 0.968 bits per heavy atom. The Balaban J connectivity index is 1.96. The number of esters is 1. The SMILES string of the molecule is CC(C)OC(=O)c1c(NC(=O)c2ccccc2F)sc2c1CCCCCCCCCC2. The zero-order valence-corrected chi connectivity index (χ0v) is 19.3. The van der Waals surface area contributed by atoms with Crippen LogP contribution < -0.4 is 5.32 Å². The number of thiophene rings is 1. The van der Waals surface area contributed by atoms with Gasteiger partial charge in [-0.05, 0) is 57.2 Å². The Hall–Kier alpha value is -2.21. The maximum absolute atomic E-state index is 14.1. The highest BCUT2D eigenvalue weighted by Gasteiger charge is 2.27. The molecule has 1 amide bonds. The van der Waals surface area contributed by atoms with Gasteiger partial charge in [0.15, 0.2) is 0 Å². The lowest BCUT2D eigenvalue weighted by Gasteiger charge is -2.13. The van der Waals surface area contributed by atoms with Crippen molar-refractivity contribution in [2.24, 2.45) is 0 Å². The second-order valence-electron chi connectivity index (χ2n) is 8.42. The van der Waals surface area contributed by atoms with Crippen LogP contribution in [0.5, 0.6) is 0 Å². The van der Waals surface area contributed by atoms with Crippen LogP contribution in [0, 0.1) is 5.82 Å². The highest BCUT2D eigenvalue weighted by Crippen LogP contribution is 2.37. The third kappa shape index (κ3) is 6.39. The van der Waals surface area contributed by atoms with Crippen molar-refractivity contribution >= 4 is 28.2 Å². The fourth-order valence-electron chi connectivity index (χ4n) is 4.02. The number of hydrogen-bond donors (Lipinski definition) is 1. The van der Waals surface area contributed by atoms with Crippen molar-refractivity contribution in [3.05, 3.63) is 51.7 Å². The molecule has 1 aliphatic rings. The van der Waals surface area contributed by atoms with E-state index in [9.17, 15) is 14.0 Å². The van der Waals surface area contributed by atoms with E-state index in [0.29, 0.717) is 10.6 Å². The average Bonchev–Trinajstić information content (AvgIpc) is 3.04. The lowest BCUT2D eigenvalue weighted by Crippen LogP contribution is -2.18. The van der Waals surface area contributed by atoms with E-state index in [0.717, 1.165) is 42.5 Å². The lowest BCUT2D eigenvalue weighted by molar-refractivity contribution is 0.0378. The molecule has 0 saturated carbocycles. The highest BCUT2D eigenvalue weighted by molar-refractivity contribution is 7.17. The molecule has 0 atom stereocenters. The monoisotopic (exact) mass is 445 g/mol. The van der Waals surface area contributed by atoms with Crippen LogP contribution >= 0.6 is 11.3 Å². The number of ether oxygens (including phenoxy) is 1. The maximum Gasteiger partial charge on any atom is 0.341 e. The molecule has 0 bridgehead atoms. The van der Waals surface area contributed by atoms with Gasteiger partial charge < -0.3 is 10.1 Å². The maximum atomic E-state index is 14.1. The van der Waals surface area contributed by atoms with Gasteiger partial charge in [0.2, 0.25) is 0 Å². The van der Waals surface area contributed by atoms with Gasteiger partial charge in [-0.2, -0.15) is 0 Å². The molecule has 0 unspecified atom stereocenters. The molecule has 1 aromatic heterocycles.